The van der Waals surface area contributed by atoms with E-state index in [0.29, 0.717) is 5.75 Å². The van der Waals surface area contributed by atoms with E-state index in [1.165, 1.54) is 25.3 Å². The number of hydrogen-bond donors (Lipinski definition) is 1. The van der Waals surface area contributed by atoms with Gasteiger partial charge >= 0.3 is 12.1 Å². The Bertz CT molecular complexity index is 658. The fraction of sp³-hybridized carbons (Fsp3) is 0.0667. The summed E-state index contributed by atoms with van der Waals surface area (Å²) in [5.41, 5.74) is 0.539. The molecule has 2 aromatic carbocycles. The van der Waals surface area contributed by atoms with Crippen molar-refractivity contribution >= 4 is 29.4 Å². The third-order valence-electron chi connectivity index (χ3n) is 2.58. The van der Waals surface area contributed by atoms with E-state index < -0.39 is 12.1 Å². The molecule has 0 fully saturated rings. The quantitative estimate of drug-likeness (QED) is 0.877. The number of carbonyl (C=O) groups is 2. The van der Waals surface area contributed by atoms with Crippen LogP contribution in [0.2, 0.25) is 5.02 Å². The number of amides is 1. The summed E-state index contributed by atoms with van der Waals surface area (Å²) in [6.45, 7) is 0. The zero-order chi connectivity index (χ0) is 15.2. The van der Waals surface area contributed by atoms with Gasteiger partial charge < -0.3 is 9.47 Å². The predicted octanol–water partition coefficient (Wildman–Crippen LogP) is 3.74. The average molecular weight is 306 g/mol. The van der Waals surface area contributed by atoms with Crippen LogP contribution < -0.4 is 10.1 Å². The van der Waals surface area contributed by atoms with Crippen molar-refractivity contribution in [3.8, 4) is 5.75 Å². The topological polar surface area (TPSA) is 64.6 Å². The fourth-order valence-electron chi connectivity index (χ4n) is 1.60. The Hall–Kier alpha value is -2.53. The first-order chi connectivity index (χ1) is 10.1. The molecule has 5 nitrogen and oxygen atoms in total. The Balaban J connectivity index is 2.11. The molecule has 108 valence electrons. The Morgan fingerprint density at radius 3 is 2.48 bits per heavy atom. The van der Waals surface area contributed by atoms with Crippen LogP contribution in [0, 0.1) is 0 Å². The van der Waals surface area contributed by atoms with Gasteiger partial charge in [0.15, 0.2) is 0 Å². The number of ether oxygens (including phenoxy) is 2. The Morgan fingerprint density at radius 2 is 1.81 bits per heavy atom. The summed E-state index contributed by atoms with van der Waals surface area (Å²) < 4.78 is 9.68. The number of para-hydroxylation sites is 1. The third kappa shape index (κ3) is 3.97. The van der Waals surface area contributed by atoms with Crippen LogP contribution in [-0.4, -0.2) is 19.2 Å². The summed E-state index contributed by atoms with van der Waals surface area (Å²) in [5.74, 6) is -0.124. The van der Waals surface area contributed by atoms with Gasteiger partial charge in [-0.15, -0.1) is 0 Å². The molecule has 0 spiro atoms. The van der Waals surface area contributed by atoms with E-state index in [2.05, 4.69) is 10.1 Å². The lowest BCUT2D eigenvalue weighted by Gasteiger charge is -2.09. The molecular weight excluding hydrogens is 294 g/mol. The highest BCUT2D eigenvalue weighted by Gasteiger charge is 2.12. The zero-order valence-corrected chi connectivity index (χ0v) is 11.9. The summed E-state index contributed by atoms with van der Waals surface area (Å²) in [5, 5.41) is 2.76. The first kappa shape index (κ1) is 14.9. The summed E-state index contributed by atoms with van der Waals surface area (Å²) >= 11 is 5.97. The maximum atomic E-state index is 11.8. The first-order valence-electron chi connectivity index (χ1n) is 6.02. The molecule has 1 N–H and O–H groups in total. The molecule has 0 atom stereocenters. The smallest absolute Gasteiger partial charge is 0.417 e. The summed E-state index contributed by atoms with van der Waals surface area (Å²) in [4.78, 5) is 23.2. The highest BCUT2D eigenvalue weighted by Crippen LogP contribution is 2.24. The van der Waals surface area contributed by atoms with Gasteiger partial charge in [-0.3, -0.25) is 5.32 Å². The minimum Gasteiger partial charge on any atom is -0.465 e. The number of esters is 1. The van der Waals surface area contributed by atoms with Crippen molar-refractivity contribution < 1.29 is 19.1 Å². The molecule has 0 radical (unpaired) electrons. The van der Waals surface area contributed by atoms with Crippen molar-refractivity contribution in [3.05, 3.63) is 59.1 Å². The van der Waals surface area contributed by atoms with Crippen molar-refractivity contribution in [3.63, 3.8) is 0 Å². The lowest BCUT2D eigenvalue weighted by Crippen LogP contribution is -2.17. The highest BCUT2D eigenvalue weighted by molar-refractivity contribution is 6.33. The van der Waals surface area contributed by atoms with Crippen molar-refractivity contribution in [2.24, 2.45) is 0 Å². The number of nitrogens with one attached hydrogen (secondary N) is 1. The van der Waals surface area contributed by atoms with Gasteiger partial charge in [-0.1, -0.05) is 29.8 Å². The molecule has 1 amide bonds. The minimum absolute atomic E-state index is 0.264. The fourth-order valence-corrected chi connectivity index (χ4v) is 1.76. The van der Waals surface area contributed by atoms with Crippen molar-refractivity contribution in [2.75, 3.05) is 12.4 Å². The van der Waals surface area contributed by atoms with Crippen molar-refractivity contribution in [1.29, 1.82) is 0 Å². The van der Waals surface area contributed by atoms with E-state index in [1.54, 1.807) is 24.3 Å². The molecule has 21 heavy (non-hydrogen) atoms. The minimum atomic E-state index is -0.704. The predicted molar refractivity (Wildman–Crippen MR) is 78.9 cm³/mol. The van der Waals surface area contributed by atoms with Gasteiger partial charge in [0.25, 0.3) is 0 Å². The van der Waals surface area contributed by atoms with E-state index in [1.807, 2.05) is 6.07 Å². The first-order valence-corrected chi connectivity index (χ1v) is 6.39. The summed E-state index contributed by atoms with van der Waals surface area (Å²) in [7, 11) is 1.27. The maximum absolute atomic E-state index is 11.8. The normalized spacial score (nSPS) is 9.81. The molecule has 0 aliphatic rings. The molecule has 0 saturated carbocycles. The zero-order valence-electron chi connectivity index (χ0n) is 11.1. The van der Waals surface area contributed by atoms with Gasteiger partial charge in [-0.25, -0.2) is 9.59 Å². The van der Waals surface area contributed by atoms with Crippen molar-refractivity contribution in [2.45, 2.75) is 0 Å². The average Bonchev–Trinajstić information content (AvgIpc) is 2.49. The molecule has 2 rings (SSSR count). The molecule has 0 aliphatic carbocycles. The van der Waals surface area contributed by atoms with Gasteiger partial charge in [-0.05, 0) is 30.3 Å². The second kappa shape index (κ2) is 6.76. The van der Waals surface area contributed by atoms with Gasteiger partial charge in [0.05, 0.1) is 23.4 Å². The third-order valence-corrected chi connectivity index (χ3v) is 2.91. The highest BCUT2D eigenvalue weighted by atomic mass is 35.5. The Labute approximate surface area is 126 Å². The molecule has 6 heteroatoms. The van der Waals surface area contributed by atoms with Crippen LogP contribution in [0.1, 0.15) is 10.4 Å². The number of carbonyl (C=O) groups excluding carboxylic acids is 2. The maximum Gasteiger partial charge on any atom is 0.417 e. The number of halogens is 1. The molecule has 0 saturated heterocycles. The van der Waals surface area contributed by atoms with Crippen LogP contribution in [0.4, 0.5) is 10.5 Å². The molecule has 0 unspecified atom stereocenters. The monoisotopic (exact) mass is 305 g/mol. The van der Waals surface area contributed by atoms with E-state index in [-0.39, 0.29) is 16.3 Å². The molecule has 0 aliphatic heterocycles. The van der Waals surface area contributed by atoms with Crippen LogP contribution >= 0.6 is 11.6 Å². The standard InChI is InChI=1S/C15H12ClNO4/c1-20-14(18)10-7-8-12(16)13(9-10)17-15(19)21-11-5-3-2-4-6-11/h2-9H,1H3,(H,17,19). The molecular formula is C15H12ClNO4. The van der Waals surface area contributed by atoms with E-state index in [0.717, 1.165) is 0 Å². The number of rotatable bonds is 3. The number of benzene rings is 2. The molecule has 0 heterocycles. The van der Waals surface area contributed by atoms with Gasteiger partial charge in [-0.2, -0.15) is 0 Å². The molecule has 0 aromatic heterocycles. The number of anilines is 1. The van der Waals surface area contributed by atoms with E-state index in [9.17, 15) is 9.59 Å². The second-order valence-corrected chi connectivity index (χ2v) is 4.42. The SMILES string of the molecule is COC(=O)c1ccc(Cl)c(NC(=O)Oc2ccccc2)c1. The largest absolute Gasteiger partial charge is 0.465 e. The Morgan fingerprint density at radius 1 is 1.10 bits per heavy atom. The van der Waals surface area contributed by atoms with Gasteiger partial charge in [0.1, 0.15) is 5.75 Å². The molecule has 2 aromatic rings. The second-order valence-electron chi connectivity index (χ2n) is 4.01. The van der Waals surface area contributed by atoms with E-state index in [4.69, 9.17) is 16.3 Å². The summed E-state index contributed by atoms with van der Waals surface area (Å²) in [6, 6.07) is 13.0. The van der Waals surface area contributed by atoms with Crippen LogP contribution in [0.3, 0.4) is 0 Å². The Kier molecular flexibility index (Phi) is 4.79. The lowest BCUT2D eigenvalue weighted by atomic mass is 10.2. The summed E-state index contributed by atoms with van der Waals surface area (Å²) in [6.07, 6.45) is -0.704. The molecule has 0 bridgehead atoms. The van der Waals surface area contributed by atoms with Gasteiger partial charge in [0, 0.05) is 0 Å². The number of hydrogen-bond acceptors (Lipinski definition) is 4. The van der Waals surface area contributed by atoms with Crippen molar-refractivity contribution in [1.82, 2.24) is 0 Å². The van der Waals surface area contributed by atoms with Crippen LogP contribution in [-0.2, 0) is 4.74 Å². The number of methoxy groups -OCH3 is 1. The van der Waals surface area contributed by atoms with Crippen LogP contribution in [0.5, 0.6) is 5.75 Å². The lowest BCUT2D eigenvalue weighted by molar-refractivity contribution is 0.0600. The van der Waals surface area contributed by atoms with E-state index >= 15 is 0 Å². The van der Waals surface area contributed by atoms with Crippen LogP contribution in [0.15, 0.2) is 48.5 Å². The van der Waals surface area contributed by atoms with Crippen LogP contribution in [0.25, 0.3) is 0 Å². The van der Waals surface area contributed by atoms with Gasteiger partial charge in [0.2, 0.25) is 0 Å².